The van der Waals surface area contributed by atoms with Gasteiger partial charge in [0, 0.05) is 13.1 Å². The Kier molecular flexibility index (Phi) is 5.15. The van der Waals surface area contributed by atoms with E-state index in [0.717, 1.165) is 5.56 Å². The number of rotatable bonds is 6. The van der Waals surface area contributed by atoms with Gasteiger partial charge in [-0.15, -0.1) is 0 Å². The third-order valence-electron chi connectivity index (χ3n) is 2.79. The molecule has 1 N–H and O–H groups in total. The number of ether oxygens (including phenoxy) is 1. The fraction of sp³-hybridized carbons (Fsp3) is 0.188. The van der Waals surface area contributed by atoms with Crippen LogP contribution in [0.2, 0.25) is 0 Å². The van der Waals surface area contributed by atoms with Crippen LogP contribution in [-0.4, -0.2) is 19.6 Å². The van der Waals surface area contributed by atoms with Crippen molar-refractivity contribution in [2.24, 2.45) is 0 Å². The lowest BCUT2D eigenvalue weighted by Crippen LogP contribution is -2.21. The van der Waals surface area contributed by atoms with Crippen LogP contribution in [0.1, 0.15) is 11.3 Å². The highest BCUT2D eigenvalue weighted by molar-refractivity contribution is 5.93. The molecule has 0 unspecified atom stereocenters. The number of hydrogen-bond acceptors (Lipinski definition) is 4. The quantitative estimate of drug-likeness (QED) is 0.648. The molecule has 0 bridgehead atoms. The third-order valence-corrected chi connectivity index (χ3v) is 2.79. The molecule has 4 nitrogen and oxygen atoms in total. The Morgan fingerprint density at radius 2 is 2.05 bits per heavy atom. The zero-order valence-corrected chi connectivity index (χ0v) is 11.3. The molecule has 1 aromatic carbocycles. The predicted octanol–water partition coefficient (Wildman–Crippen LogP) is 2.63. The molecule has 0 radical (unpaired) electrons. The van der Waals surface area contributed by atoms with Crippen LogP contribution >= 0.6 is 0 Å². The van der Waals surface area contributed by atoms with Crippen LogP contribution in [0.5, 0.6) is 0 Å². The Bertz CT molecular complexity index is 559. The van der Waals surface area contributed by atoms with Gasteiger partial charge in [0.05, 0.1) is 18.9 Å². The number of nitrogens with one attached hydrogen (secondary N) is 1. The first kappa shape index (κ1) is 14.1. The van der Waals surface area contributed by atoms with Gasteiger partial charge in [0.25, 0.3) is 0 Å². The van der Waals surface area contributed by atoms with Gasteiger partial charge < -0.3 is 14.5 Å². The molecule has 104 valence electrons. The molecule has 0 aliphatic carbocycles. The Balaban J connectivity index is 1.97. The summed E-state index contributed by atoms with van der Waals surface area (Å²) in [6.45, 7) is 1.11. The minimum Gasteiger partial charge on any atom is -0.466 e. The molecule has 1 aromatic heterocycles. The van der Waals surface area contributed by atoms with Gasteiger partial charge in [-0.1, -0.05) is 30.3 Å². The standard InChI is InChI=1S/C16H17NO3/c1-19-16(18)14(10-15-8-5-9-20-15)12-17-11-13-6-3-2-4-7-13/h2-10,17H,11-12H2,1H3/b14-10+. The number of carbonyl (C=O) groups excluding carboxylic acids is 1. The van der Waals surface area contributed by atoms with Crippen LogP contribution in [0, 0.1) is 0 Å². The van der Waals surface area contributed by atoms with Crippen LogP contribution in [0.15, 0.2) is 58.7 Å². The topological polar surface area (TPSA) is 51.5 Å². The fourth-order valence-corrected chi connectivity index (χ4v) is 1.80. The van der Waals surface area contributed by atoms with E-state index in [0.29, 0.717) is 24.4 Å². The molecule has 0 atom stereocenters. The van der Waals surface area contributed by atoms with Crippen molar-refractivity contribution in [3.8, 4) is 0 Å². The van der Waals surface area contributed by atoms with Crippen LogP contribution in [0.3, 0.4) is 0 Å². The van der Waals surface area contributed by atoms with Crippen molar-refractivity contribution in [1.29, 1.82) is 0 Å². The van der Waals surface area contributed by atoms with Crippen molar-refractivity contribution < 1.29 is 13.9 Å². The van der Waals surface area contributed by atoms with Gasteiger partial charge in [0.1, 0.15) is 5.76 Å². The molecule has 0 spiro atoms. The maximum Gasteiger partial charge on any atom is 0.335 e. The maximum atomic E-state index is 11.7. The molecule has 0 saturated carbocycles. The molecular formula is C16H17NO3. The monoisotopic (exact) mass is 271 g/mol. The van der Waals surface area contributed by atoms with Crippen molar-refractivity contribution in [3.63, 3.8) is 0 Å². The zero-order valence-electron chi connectivity index (χ0n) is 11.3. The Morgan fingerprint density at radius 3 is 2.70 bits per heavy atom. The lowest BCUT2D eigenvalue weighted by Gasteiger charge is -2.07. The second-order valence-electron chi connectivity index (χ2n) is 4.27. The largest absolute Gasteiger partial charge is 0.466 e. The SMILES string of the molecule is COC(=O)/C(=C/c1ccco1)CNCc1ccccc1. The summed E-state index contributed by atoms with van der Waals surface area (Å²) in [5.41, 5.74) is 1.69. The van der Waals surface area contributed by atoms with Gasteiger partial charge in [0.2, 0.25) is 0 Å². The second kappa shape index (κ2) is 7.31. The number of methoxy groups -OCH3 is 1. The number of benzene rings is 1. The molecule has 0 aliphatic rings. The molecule has 20 heavy (non-hydrogen) atoms. The highest BCUT2D eigenvalue weighted by Crippen LogP contribution is 2.08. The lowest BCUT2D eigenvalue weighted by molar-refractivity contribution is -0.136. The summed E-state index contributed by atoms with van der Waals surface area (Å²) in [6, 6.07) is 13.6. The summed E-state index contributed by atoms with van der Waals surface area (Å²) in [6.07, 6.45) is 3.25. The van der Waals surface area contributed by atoms with E-state index in [-0.39, 0.29) is 5.97 Å². The van der Waals surface area contributed by atoms with Gasteiger partial charge >= 0.3 is 5.97 Å². The minimum atomic E-state index is -0.359. The van der Waals surface area contributed by atoms with E-state index >= 15 is 0 Å². The van der Waals surface area contributed by atoms with Crippen LogP contribution in [0.25, 0.3) is 6.08 Å². The van der Waals surface area contributed by atoms with Crippen molar-refractivity contribution in [3.05, 3.63) is 65.6 Å². The lowest BCUT2D eigenvalue weighted by atomic mass is 10.2. The predicted molar refractivity (Wildman–Crippen MR) is 76.8 cm³/mol. The number of hydrogen-bond donors (Lipinski definition) is 1. The minimum absolute atomic E-state index is 0.359. The van der Waals surface area contributed by atoms with Gasteiger partial charge in [-0.3, -0.25) is 0 Å². The summed E-state index contributed by atoms with van der Waals surface area (Å²) >= 11 is 0. The van der Waals surface area contributed by atoms with E-state index < -0.39 is 0 Å². The maximum absolute atomic E-state index is 11.7. The fourth-order valence-electron chi connectivity index (χ4n) is 1.80. The van der Waals surface area contributed by atoms with Gasteiger partial charge in [0.15, 0.2) is 0 Å². The van der Waals surface area contributed by atoms with E-state index in [1.54, 1.807) is 24.5 Å². The highest BCUT2D eigenvalue weighted by Gasteiger charge is 2.10. The summed E-state index contributed by atoms with van der Waals surface area (Å²) in [4.78, 5) is 11.7. The molecular weight excluding hydrogens is 254 g/mol. The smallest absolute Gasteiger partial charge is 0.335 e. The molecule has 2 aromatic rings. The molecule has 0 aliphatic heterocycles. The number of carbonyl (C=O) groups is 1. The van der Waals surface area contributed by atoms with Crippen LogP contribution in [0.4, 0.5) is 0 Å². The third kappa shape index (κ3) is 4.10. The Hall–Kier alpha value is -2.33. The van der Waals surface area contributed by atoms with Gasteiger partial charge in [-0.05, 0) is 23.8 Å². The summed E-state index contributed by atoms with van der Waals surface area (Å²) < 4.78 is 9.99. The molecule has 0 saturated heterocycles. The number of furan rings is 1. The highest BCUT2D eigenvalue weighted by atomic mass is 16.5. The summed E-state index contributed by atoms with van der Waals surface area (Å²) in [5, 5.41) is 3.22. The molecule has 0 fully saturated rings. The molecule has 4 heteroatoms. The first-order chi connectivity index (χ1) is 9.79. The molecule has 2 rings (SSSR count). The Morgan fingerprint density at radius 1 is 1.25 bits per heavy atom. The number of esters is 1. The van der Waals surface area contributed by atoms with Gasteiger partial charge in [-0.25, -0.2) is 4.79 Å². The Labute approximate surface area is 118 Å². The van der Waals surface area contributed by atoms with Crippen molar-refractivity contribution >= 4 is 12.0 Å². The van der Waals surface area contributed by atoms with E-state index in [1.807, 2.05) is 30.3 Å². The van der Waals surface area contributed by atoms with Crippen LogP contribution in [-0.2, 0) is 16.1 Å². The van der Waals surface area contributed by atoms with E-state index in [1.165, 1.54) is 7.11 Å². The summed E-state index contributed by atoms with van der Waals surface area (Å²) in [5.74, 6) is 0.272. The van der Waals surface area contributed by atoms with Crippen molar-refractivity contribution in [2.75, 3.05) is 13.7 Å². The second-order valence-corrected chi connectivity index (χ2v) is 4.27. The molecule has 0 amide bonds. The average molecular weight is 271 g/mol. The average Bonchev–Trinajstić information content (AvgIpc) is 2.99. The molecule has 1 heterocycles. The zero-order chi connectivity index (χ0) is 14.2. The summed E-state index contributed by atoms with van der Waals surface area (Å²) in [7, 11) is 1.37. The van der Waals surface area contributed by atoms with Crippen molar-refractivity contribution in [2.45, 2.75) is 6.54 Å². The first-order valence-corrected chi connectivity index (χ1v) is 6.36. The van der Waals surface area contributed by atoms with Crippen molar-refractivity contribution in [1.82, 2.24) is 5.32 Å². The van der Waals surface area contributed by atoms with E-state index in [2.05, 4.69) is 5.32 Å². The van der Waals surface area contributed by atoms with Gasteiger partial charge in [-0.2, -0.15) is 0 Å². The van der Waals surface area contributed by atoms with Crippen LogP contribution < -0.4 is 5.32 Å². The van der Waals surface area contributed by atoms with E-state index in [4.69, 9.17) is 9.15 Å². The normalized spacial score (nSPS) is 11.3. The van der Waals surface area contributed by atoms with E-state index in [9.17, 15) is 4.79 Å². The first-order valence-electron chi connectivity index (χ1n) is 6.36.